The van der Waals surface area contributed by atoms with Crippen LogP contribution < -0.4 is 10.1 Å². The minimum absolute atomic E-state index is 0.638. The summed E-state index contributed by atoms with van der Waals surface area (Å²) in [5, 5.41) is 2.46. The Hall–Kier alpha value is -1.77. The van der Waals surface area contributed by atoms with Crippen LogP contribution in [0.5, 0.6) is 5.75 Å². The Morgan fingerprint density at radius 3 is 2.69 bits per heavy atom. The zero-order valence-corrected chi connectivity index (χ0v) is 9.48. The molecular weight excluding hydrogens is 202 g/mol. The summed E-state index contributed by atoms with van der Waals surface area (Å²) in [5.74, 6) is 0.883. The zero-order valence-electron chi connectivity index (χ0n) is 9.48. The molecule has 0 fully saturated rings. The third-order valence-electron chi connectivity index (χ3n) is 2.09. The summed E-state index contributed by atoms with van der Waals surface area (Å²) in [6.45, 7) is 2.90. The highest BCUT2D eigenvalue weighted by Gasteiger charge is 1.92. The van der Waals surface area contributed by atoms with E-state index in [0.29, 0.717) is 6.41 Å². The van der Waals surface area contributed by atoms with E-state index in [9.17, 15) is 4.79 Å². The van der Waals surface area contributed by atoms with Crippen LogP contribution in [-0.4, -0.2) is 13.0 Å². The summed E-state index contributed by atoms with van der Waals surface area (Å²) in [5.41, 5.74) is 1.03. The van der Waals surface area contributed by atoms with Crippen LogP contribution in [0.1, 0.15) is 25.3 Å². The first-order valence-corrected chi connectivity index (χ1v) is 5.46. The number of carbonyl (C=O) groups excluding carboxylic acids is 1. The first-order valence-electron chi connectivity index (χ1n) is 5.46. The molecule has 0 unspecified atom stereocenters. The fourth-order valence-corrected chi connectivity index (χ4v) is 1.19. The monoisotopic (exact) mass is 219 g/mol. The largest absolute Gasteiger partial charge is 0.494 e. The predicted octanol–water partition coefficient (Wildman–Crippen LogP) is 2.58. The van der Waals surface area contributed by atoms with E-state index in [1.165, 1.54) is 0 Å². The standard InChI is InChI=1S/C13H17NO2/c1-2-3-10-16-13-6-4-12(5-7-13)8-9-14-11-15/h4-9,11H,2-3,10H2,1H3,(H,14,15)/b9-8+. The SMILES string of the molecule is CCCCOc1ccc(/C=C/NC=O)cc1. The molecule has 1 amide bonds. The maximum atomic E-state index is 10.0. The van der Waals surface area contributed by atoms with E-state index >= 15 is 0 Å². The van der Waals surface area contributed by atoms with E-state index in [1.807, 2.05) is 30.3 Å². The third kappa shape index (κ3) is 4.64. The normalized spacial score (nSPS) is 10.3. The lowest BCUT2D eigenvalue weighted by molar-refractivity contribution is -0.108. The second-order valence-electron chi connectivity index (χ2n) is 3.39. The number of ether oxygens (including phenoxy) is 1. The van der Waals surface area contributed by atoms with Crippen LogP contribution in [0.2, 0.25) is 0 Å². The van der Waals surface area contributed by atoms with Crippen LogP contribution in [0.4, 0.5) is 0 Å². The first kappa shape index (κ1) is 12.3. The van der Waals surface area contributed by atoms with E-state index in [4.69, 9.17) is 4.74 Å². The predicted molar refractivity (Wildman–Crippen MR) is 65.1 cm³/mol. The van der Waals surface area contributed by atoms with Crippen LogP contribution >= 0.6 is 0 Å². The van der Waals surface area contributed by atoms with Crippen molar-refractivity contribution in [1.82, 2.24) is 5.32 Å². The van der Waals surface area contributed by atoms with Gasteiger partial charge >= 0.3 is 0 Å². The Morgan fingerprint density at radius 1 is 1.31 bits per heavy atom. The molecule has 1 aromatic rings. The van der Waals surface area contributed by atoms with Gasteiger partial charge in [-0.05, 0) is 30.2 Å². The molecular formula is C13H17NO2. The fourth-order valence-electron chi connectivity index (χ4n) is 1.19. The van der Waals surface area contributed by atoms with Gasteiger partial charge in [0.1, 0.15) is 5.75 Å². The third-order valence-corrected chi connectivity index (χ3v) is 2.09. The van der Waals surface area contributed by atoms with E-state index in [-0.39, 0.29) is 0 Å². The quantitative estimate of drug-likeness (QED) is 0.565. The lowest BCUT2D eigenvalue weighted by Gasteiger charge is -2.04. The molecule has 1 aromatic carbocycles. The summed E-state index contributed by atoms with van der Waals surface area (Å²) in [6, 6.07) is 7.75. The van der Waals surface area contributed by atoms with Gasteiger partial charge < -0.3 is 10.1 Å². The Bertz CT molecular complexity index is 330. The van der Waals surface area contributed by atoms with Gasteiger partial charge in [0.25, 0.3) is 0 Å². The van der Waals surface area contributed by atoms with E-state index in [2.05, 4.69) is 12.2 Å². The Balaban J connectivity index is 2.44. The number of amides is 1. The highest BCUT2D eigenvalue weighted by molar-refractivity contribution is 5.55. The van der Waals surface area contributed by atoms with Gasteiger partial charge in [0, 0.05) is 6.20 Å². The molecule has 86 valence electrons. The molecule has 0 heterocycles. The first-order chi connectivity index (χ1) is 7.86. The van der Waals surface area contributed by atoms with Crippen molar-refractivity contribution in [2.45, 2.75) is 19.8 Å². The molecule has 0 aliphatic carbocycles. The van der Waals surface area contributed by atoms with Crippen molar-refractivity contribution in [3.63, 3.8) is 0 Å². The molecule has 3 heteroatoms. The van der Waals surface area contributed by atoms with Gasteiger partial charge in [-0.3, -0.25) is 4.79 Å². The van der Waals surface area contributed by atoms with Crippen LogP contribution in [-0.2, 0) is 4.79 Å². The summed E-state index contributed by atoms with van der Waals surface area (Å²) in [4.78, 5) is 10.0. The smallest absolute Gasteiger partial charge is 0.211 e. The number of nitrogens with one attached hydrogen (secondary N) is 1. The maximum absolute atomic E-state index is 10.0. The van der Waals surface area contributed by atoms with Crippen LogP contribution in [0.15, 0.2) is 30.5 Å². The second-order valence-corrected chi connectivity index (χ2v) is 3.39. The molecule has 1 N–H and O–H groups in total. The molecule has 0 atom stereocenters. The second kappa shape index (κ2) is 7.51. The van der Waals surface area contributed by atoms with Gasteiger partial charge in [-0.25, -0.2) is 0 Å². The minimum atomic E-state index is 0.638. The highest BCUT2D eigenvalue weighted by Crippen LogP contribution is 2.13. The summed E-state index contributed by atoms with van der Waals surface area (Å²) < 4.78 is 5.53. The summed E-state index contributed by atoms with van der Waals surface area (Å²) >= 11 is 0. The van der Waals surface area contributed by atoms with Gasteiger partial charge in [0.05, 0.1) is 6.61 Å². The van der Waals surface area contributed by atoms with E-state index in [1.54, 1.807) is 6.20 Å². The van der Waals surface area contributed by atoms with Crippen LogP contribution in [0.3, 0.4) is 0 Å². The molecule has 0 saturated heterocycles. The van der Waals surface area contributed by atoms with Gasteiger partial charge in [-0.2, -0.15) is 0 Å². The Labute approximate surface area is 96.1 Å². The maximum Gasteiger partial charge on any atom is 0.211 e. The number of benzene rings is 1. The number of hydrogen-bond acceptors (Lipinski definition) is 2. The van der Waals surface area contributed by atoms with Gasteiger partial charge in [0.2, 0.25) is 6.41 Å². The molecule has 0 aromatic heterocycles. The molecule has 16 heavy (non-hydrogen) atoms. The molecule has 3 nitrogen and oxygen atoms in total. The Morgan fingerprint density at radius 2 is 2.06 bits per heavy atom. The molecule has 0 aliphatic rings. The molecule has 0 aliphatic heterocycles. The number of rotatable bonds is 7. The number of carbonyl (C=O) groups is 1. The van der Waals surface area contributed by atoms with Crippen molar-refractivity contribution in [3.05, 3.63) is 36.0 Å². The van der Waals surface area contributed by atoms with Gasteiger partial charge in [-0.15, -0.1) is 0 Å². The van der Waals surface area contributed by atoms with Crippen molar-refractivity contribution < 1.29 is 9.53 Å². The van der Waals surface area contributed by atoms with Crippen LogP contribution in [0.25, 0.3) is 6.08 Å². The average molecular weight is 219 g/mol. The minimum Gasteiger partial charge on any atom is -0.494 e. The fraction of sp³-hybridized carbons (Fsp3) is 0.308. The lowest BCUT2D eigenvalue weighted by Crippen LogP contribution is -1.98. The van der Waals surface area contributed by atoms with Crippen molar-refractivity contribution in [3.8, 4) is 5.75 Å². The van der Waals surface area contributed by atoms with E-state index < -0.39 is 0 Å². The summed E-state index contributed by atoms with van der Waals surface area (Å²) in [6.07, 6.45) is 6.27. The lowest BCUT2D eigenvalue weighted by atomic mass is 10.2. The van der Waals surface area contributed by atoms with E-state index in [0.717, 1.165) is 30.8 Å². The zero-order chi connectivity index (χ0) is 11.6. The van der Waals surface area contributed by atoms with Crippen molar-refractivity contribution in [2.75, 3.05) is 6.61 Å². The average Bonchev–Trinajstić information content (AvgIpc) is 2.32. The van der Waals surface area contributed by atoms with Gasteiger partial charge in [0.15, 0.2) is 0 Å². The van der Waals surface area contributed by atoms with Crippen molar-refractivity contribution in [2.24, 2.45) is 0 Å². The van der Waals surface area contributed by atoms with Crippen LogP contribution in [0, 0.1) is 0 Å². The molecule has 0 bridgehead atoms. The number of hydrogen-bond donors (Lipinski definition) is 1. The number of unbranched alkanes of at least 4 members (excludes halogenated alkanes) is 1. The van der Waals surface area contributed by atoms with Crippen molar-refractivity contribution in [1.29, 1.82) is 0 Å². The Kier molecular flexibility index (Phi) is 5.78. The molecule has 0 spiro atoms. The molecule has 1 rings (SSSR count). The van der Waals surface area contributed by atoms with Gasteiger partial charge in [-0.1, -0.05) is 25.5 Å². The topological polar surface area (TPSA) is 38.3 Å². The van der Waals surface area contributed by atoms with Crippen molar-refractivity contribution >= 4 is 12.5 Å². The molecule has 0 radical (unpaired) electrons. The summed E-state index contributed by atoms with van der Waals surface area (Å²) in [7, 11) is 0. The highest BCUT2D eigenvalue weighted by atomic mass is 16.5. The molecule has 0 saturated carbocycles.